The summed E-state index contributed by atoms with van der Waals surface area (Å²) in [5.74, 6) is 1.99. The van der Waals surface area contributed by atoms with Crippen LogP contribution in [0, 0.1) is 6.92 Å². The Balaban J connectivity index is 2.01. The van der Waals surface area contributed by atoms with Crippen LogP contribution in [0.5, 0.6) is 5.75 Å². The van der Waals surface area contributed by atoms with Crippen LogP contribution in [0.4, 0.5) is 5.69 Å². The van der Waals surface area contributed by atoms with E-state index >= 15 is 0 Å². The largest absolute Gasteiger partial charge is 0.491 e. The number of anilines is 1. The Hall–Kier alpha value is -1.97. The van der Waals surface area contributed by atoms with Gasteiger partial charge in [-0.05, 0) is 51.0 Å². The van der Waals surface area contributed by atoms with Gasteiger partial charge in [0.1, 0.15) is 11.6 Å². The maximum Gasteiger partial charge on any atom is 0.128 e. The van der Waals surface area contributed by atoms with E-state index in [9.17, 15) is 0 Å². The van der Waals surface area contributed by atoms with Crippen LogP contribution >= 0.6 is 0 Å². The highest BCUT2D eigenvalue weighted by Gasteiger charge is 2.05. The standard InChI is InChI=1S/C17H25N3O/c1-5-9-20-10-8-18-17(20)12-19-16-7-6-15(11-14(16)4)21-13(2)3/h6-8,10-11,13,19H,5,9,12H2,1-4H3. The Morgan fingerprint density at radius 2 is 2.14 bits per heavy atom. The molecule has 1 N–H and O–H groups in total. The average Bonchev–Trinajstić information content (AvgIpc) is 2.85. The number of rotatable bonds is 7. The van der Waals surface area contributed by atoms with Crippen molar-refractivity contribution in [3.63, 3.8) is 0 Å². The number of benzene rings is 1. The van der Waals surface area contributed by atoms with Gasteiger partial charge in [0.25, 0.3) is 0 Å². The lowest BCUT2D eigenvalue weighted by Gasteiger charge is -2.14. The van der Waals surface area contributed by atoms with Crippen molar-refractivity contribution in [1.29, 1.82) is 0 Å². The minimum absolute atomic E-state index is 0.199. The van der Waals surface area contributed by atoms with Crippen molar-refractivity contribution in [1.82, 2.24) is 9.55 Å². The van der Waals surface area contributed by atoms with Crippen LogP contribution in [-0.2, 0) is 13.1 Å². The maximum atomic E-state index is 5.71. The first-order valence-corrected chi connectivity index (χ1v) is 7.61. The maximum absolute atomic E-state index is 5.71. The predicted molar refractivity (Wildman–Crippen MR) is 86.8 cm³/mol. The summed E-state index contributed by atoms with van der Waals surface area (Å²) in [6, 6.07) is 6.15. The van der Waals surface area contributed by atoms with E-state index in [0.717, 1.165) is 36.8 Å². The molecule has 0 fully saturated rings. The van der Waals surface area contributed by atoms with Gasteiger partial charge in [0.05, 0.1) is 12.6 Å². The Labute approximate surface area is 127 Å². The van der Waals surface area contributed by atoms with Gasteiger partial charge in [-0.15, -0.1) is 0 Å². The van der Waals surface area contributed by atoms with Crippen molar-refractivity contribution in [2.45, 2.75) is 53.3 Å². The van der Waals surface area contributed by atoms with Gasteiger partial charge in [-0.3, -0.25) is 0 Å². The number of nitrogens with one attached hydrogen (secondary N) is 1. The second kappa shape index (κ2) is 7.16. The van der Waals surface area contributed by atoms with Crippen LogP contribution in [0.25, 0.3) is 0 Å². The molecule has 0 atom stereocenters. The first kappa shape index (κ1) is 15.4. The fraction of sp³-hybridized carbons (Fsp3) is 0.471. The van der Waals surface area contributed by atoms with E-state index in [-0.39, 0.29) is 6.10 Å². The molecule has 0 amide bonds. The molecule has 4 nitrogen and oxygen atoms in total. The van der Waals surface area contributed by atoms with E-state index in [1.165, 1.54) is 5.56 Å². The molecule has 0 spiro atoms. The molecule has 0 bridgehead atoms. The number of aryl methyl sites for hydroxylation is 2. The van der Waals surface area contributed by atoms with Gasteiger partial charge in [-0.25, -0.2) is 4.98 Å². The summed E-state index contributed by atoms with van der Waals surface area (Å²) in [5, 5.41) is 3.46. The quantitative estimate of drug-likeness (QED) is 0.836. The molecule has 114 valence electrons. The monoisotopic (exact) mass is 287 g/mol. The van der Waals surface area contributed by atoms with E-state index in [4.69, 9.17) is 4.74 Å². The zero-order valence-electron chi connectivity index (χ0n) is 13.4. The van der Waals surface area contributed by atoms with Crippen LogP contribution in [0.2, 0.25) is 0 Å². The molecule has 2 aromatic rings. The SMILES string of the molecule is CCCn1ccnc1CNc1ccc(OC(C)C)cc1C. The summed E-state index contributed by atoms with van der Waals surface area (Å²) in [7, 11) is 0. The van der Waals surface area contributed by atoms with E-state index in [2.05, 4.69) is 40.8 Å². The van der Waals surface area contributed by atoms with Crippen molar-refractivity contribution >= 4 is 5.69 Å². The first-order chi connectivity index (χ1) is 10.1. The third-order valence-corrected chi connectivity index (χ3v) is 3.27. The molecule has 4 heteroatoms. The molecule has 0 unspecified atom stereocenters. The lowest BCUT2D eigenvalue weighted by molar-refractivity contribution is 0.242. The normalized spacial score (nSPS) is 10.9. The van der Waals surface area contributed by atoms with Gasteiger partial charge in [-0.1, -0.05) is 6.92 Å². The lowest BCUT2D eigenvalue weighted by atomic mass is 10.2. The number of nitrogens with zero attached hydrogens (tertiary/aromatic N) is 2. The van der Waals surface area contributed by atoms with E-state index in [1.54, 1.807) is 0 Å². The molecular formula is C17H25N3O. The Morgan fingerprint density at radius 3 is 2.81 bits per heavy atom. The molecule has 0 aliphatic carbocycles. The van der Waals surface area contributed by atoms with Gasteiger partial charge in [0.15, 0.2) is 0 Å². The summed E-state index contributed by atoms with van der Waals surface area (Å²) in [4.78, 5) is 4.41. The van der Waals surface area contributed by atoms with Crippen molar-refractivity contribution in [2.75, 3.05) is 5.32 Å². The zero-order chi connectivity index (χ0) is 15.2. The fourth-order valence-electron chi connectivity index (χ4n) is 2.31. The highest BCUT2D eigenvalue weighted by Crippen LogP contribution is 2.22. The molecule has 0 saturated heterocycles. The fourth-order valence-corrected chi connectivity index (χ4v) is 2.31. The lowest BCUT2D eigenvalue weighted by Crippen LogP contribution is -2.09. The zero-order valence-corrected chi connectivity index (χ0v) is 13.4. The highest BCUT2D eigenvalue weighted by molar-refractivity contribution is 5.53. The molecule has 0 saturated carbocycles. The summed E-state index contributed by atoms with van der Waals surface area (Å²) in [6.07, 6.45) is 5.21. The van der Waals surface area contributed by atoms with E-state index in [1.807, 2.05) is 32.3 Å². The Morgan fingerprint density at radius 1 is 1.33 bits per heavy atom. The van der Waals surface area contributed by atoms with Crippen LogP contribution in [0.3, 0.4) is 0 Å². The minimum Gasteiger partial charge on any atom is -0.491 e. The number of aromatic nitrogens is 2. The Bertz CT molecular complexity index is 575. The van der Waals surface area contributed by atoms with E-state index in [0.29, 0.717) is 0 Å². The number of hydrogen-bond donors (Lipinski definition) is 1. The van der Waals surface area contributed by atoms with Gasteiger partial charge in [-0.2, -0.15) is 0 Å². The van der Waals surface area contributed by atoms with Gasteiger partial charge < -0.3 is 14.6 Å². The third-order valence-electron chi connectivity index (χ3n) is 3.27. The molecule has 1 aromatic carbocycles. The summed E-state index contributed by atoms with van der Waals surface area (Å²) >= 11 is 0. The van der Waals surface area contributed by atoms with Crippen molar-refractivity contribution in [2.24, 2.45) is 0 Å². The third kappa shape index (κ3) is 4.25. The van der Waals surface area contributed by atoms with Crippen LogP contribution in [-0.4, -0.2) is 15.7 Å². The molecule has 0 aliphatic rings. The molecule has 1 aromatic heterocycles. The molecular weight excluding hydrogens is 262 g/mol. The number of imidazole rings is 1. The van der Waals surface area contributed by atoms with Crippen LogP contribution in [0.1, 0.15) is 38.6 Å². The second-order valence-corrected chi connectivity index (χ2v) is 5.53. The van der Waals surface area contributed by atoms with Crippen LogP contribution in [0.15, 0.2) is 30.6 Å². The van der Waals surface area contributed by atoms with Crippen molar-refractivity contribution in [3.05, 3.63) is 42.0 Å². The summed E-state index contributed by atoms with van der Waals surface area (Å²) in [6.45, 7) is 10.1. The molecule has 0 radical (unpaired) electrons. The summed E-state index contributed by atoms with van der Waals surface area (Å²) < 4.78 is 7.90. The second-order valence-electron chi connectivity index (χ2n) is 5.53. The number of ether oxygens (including phenoxy) is 1. The van der Waals surface area contributed by atoms with Crippen LogP contribution < -0.4 is 10.1 Å². The van der Waals surface area contributed by atoms with Crippen molar-refractivity contribution < 1.29 is 4.74 Å². The highest BCUT2D eigenvalue weighted by atomic mass is 16.5. The average molecular weight is 287 g/mol. The molecule has 21 heavy (non-hydrogen) atoms. The minimum atomic E-state index is 0.199. The smallest absolute Gasteiger partial charge is 0.128 e. The van der Waals surface area contributed by atoms with Crippen molar-refractivity contribution in [3.8, 4) is 5.75 Å². The molecule has 0 aliphatic heterocycles. The van der Waals surface area contributed by atoms with Gasteiger partial charge >= 0.3 is 0 Å². The first-order valence-electron chi connectivity index (χ1n) is 7.61. The van der Waals surface area contributed by atoms with E-state index < -0.39 is 0 Å². The summed E-state index contributed by atoms with van der Waals surface area (Å²) in [5.41, 5.74) is 2.30. The van der Waals surface area contributed by atoms with Gasteiger partial charge in [0, 0.05) is 24.6 Å². The molecule has 2 rings (SSSR count). The molecule has 1 heterocycles. The number of hydrogen-bond acceptors (Lipinski definition) is 3. The topological polar surface area (TPSA) is 39.1 Å². The van der Waals surface area contributed by atoms with Gasteiger partial charge in [0.2, 0.25) is 0 Å². The predicted octanol–water partition coefficient (Wildman–Crippen LogP) is 4.00. The Kier molecular flexibility index (Phi) is 5.26.